The highest BCUT2D eigenvalue weighted by Crippen LogP contribution is 2.32. The molecule has 2 aliphatic rings. The Balaban J connectivity index is 1.48. The molecule has 6 heteroatoms. The number of benzene rings is 1. The van der Waals surface area contributed by atoms with Crippen molar-refractivity contribution in [3.05, 3.63) is 23.8 Å². The molecule has 0 amide bonds. The van der Waals surface area contributed by atoms with Crippen molar-refractivity contribution in [1.82, 2.24) is 10.6 Å². The van der Waals surface area contributed by atoms with Crippen LogP contribution in [0.5, 0.6) is 11.5 Å². The molecule has 5 nitrogen and oxygen atoms in total. The second-order valence-electron chi connectivity index (χ2n) is 5.13. The summed E-state index contributed by atoms with van der Waals surface area (Å²) in [6, 6.07) is 6.00. The molecule has 2 heterocycles. The maximum absolute atomic E-state index is 5.39. The maximum Gasteiger partial charge on any atom is 0.231 e. The third kappa shape index (κ3) is 3.75. The Morgan fingerprint density at radius 1 is 1.33 bits per heavy atom. The van der Waals surface area contributed by atoms with Crippen LogP contribution in [-0.2, 0) is 6.54 Å². The summed E-state index contributed by atoms with van der Waals surface area (Å²) in [5, 5.41) is 7.45. The standard InChI is InChI=1S/C15H21N3O2S/c1-16-15(18-9-12-3-2-6-21-12)17-8-11-4-5-13-14(7-11)20-10-19-13/h4-5,7,12H,2-3,6,8-10H2,1H3,(H2,16,17,18). The Morgan fingerprint density at radius 3 is 3.05 bits per heavy atom. The normalized spacial score (nSPS) is 20.6. The van der Waals surface area contributed by atoms with Crippen LogP contribution >= 0.6 is 11.8 Å². The first-order chi connectivity index (χ1) is 10.3. The lowest BCUT2D eigenvalue weighted by atomic mass is 10.2. The Bertz CT molecular complexity index is 516. The van der Waals surface area contributed by atoms with Crippen LogP contribution in [-0.4, -0.2) is 37.3 Å². The van der Waals surface area contributed by atoms with Crippen LogP contribution in [0.15, 0.2) is 23.2 Å². The van der Waals surface area contributed by atoms with Crippen molar-refractivity contribution in [2.75, 3.05) is 26.1 Å². The zero-order valence-corrected chi connectivity index (χ0v) is 13.0. The van der Waals surface area contributed by atoms with Crippen LogP contribution < -0.4 is 20.1 Å². The first kappa shape index (κ1) is 14.4. The third-order valence-electron chi connectivity index (χ3n) is 3.64. The Kier molecular flexibility index (Phi) is 4.75. The van der Waals surface area contributed by atoms with Crippen LogP contribution in [0.2, 0.25) is 0 Å². The first-order valence-electron chi connectivity index (χ1n) is 7.30. The minimum Gasteiger partial charge on any atom is -0.454 e. The van der Waals surface area contributed by atoms with E-state index in [0.717, 1.165) is 29.6 Å². The van der Waals surface area contributed by atoms with E-state index in [1.54, 1.807) is 7.05 Å². The van der Waals surface area contributed by atoms with Crippen molar-refractivity contribution in [1.29, 1.82) is 0 Å². The second-order valence-corrected chi connectivity index (χ2v) is 6.54. The maximum atomic E-state index is 5.39. The summed E-state index contributed by atoms with van der Waals surface area (Å²) in [4.78, 5) is 4.27. The number of hydrogen-bond acceptors (Lipinski definition) is 4. The van der Waals surface area contributed by atoms with Gasteiger partial charge >= 0.3 is 0 Å². The van der Waals surface area contributed by atoms with Gasteiger partial charge in [-0.15, -0.1) is 0 Å². The number of nitrogens with one attached hydrogen (secondary N) is 2. The van der Waals surface area contributed by atoms with Crippen LogP contribution in [0.3, 0.4) is 0 Å². The van der Waals surface area contributed by atoms with Crippen molar-refractivity contribution in [2.24, 2.45) is 4.99 Å². The van der Waals surface area contributed by atoms with E-state index in [-0.39, 0.29) is 0 Å². The van der Waals surface area contributed by atoms with Crippen LogP contribution in [0.4, 0.5) is 0 Å². The zero-order chi connectivity index (χ0) is 14.5. The lowest BCUT2D eigenvalue weighted by Gasteiger charge is -2.15. The van der Waals surface area contributed by atoms with Gasteiger partial charge in [-0.2, -0.15) is 11.8 Å². The van der Waals surface area contributed by atoms with Gasteiger partial charge in [0.15, 0.2) is 17.5 Å². The topological polar surface area (TPSA) is 54.9 Å². The molecule has 1 fully saturated rings. The van der Waals surface area contributed by atoms with E-state index in [1.807, 2.05) is 30.0 Å². The van der Waals surface area contributed by atoms with Crippen LogP contribution in [0.1, 0.15) is 18.4 Å². The number of fused-ring (bicyclic) bond motifs is 1. The van der Waals surface area contributed by atoms with Crippen molar-refractivity contribution >= 4 is 17.7 Å². The lowest BCUT2D eigenvalue weighted by molar-refractivity contribution is 0.174. The number of thioether (sulfide) groups is 1. The van der Waals surface area contributed by atoms with Gasteiger partial charge in [0.1, 0.15) is 0 Å². The van der Waals surface area contributed by atoms with Gasteiger partial charge < -0.3 is 20.1 Å². The van der Waals surface area contributed by atoms with E-state index in [9.17, 15) is 0 Å². The summed E-state index contributed by atoms with van der Waals surface area (Å²) in [5.74, 6) is 3.77. The molecule has 1 unspecified atom stereocenters. The molecule has 0 aliphatic carbocycles. The molecular formula is C15H21N3O2S. The Labute approximate surface area is 129 Å². The van der Waals surface area contributed by atoms with Crippen LogP contribution in [0.25, 0.3) is 0 Å². The summed E-state index contributed by atoms with van der Waals surface area (Å²) in [5.41, 5.74) is 1.15. The molecule has 0 spiro atoms. The van der Waals surface area contributed by atoms with E-state index in [0.29, 0.717) is 18.6 Å². The molecule has 1 saturated heterocycles. The molecule has 1 aromatic carbocycles. The molecule has 0 radical (unpaired) electrons. The molecular weight excluding hydrogens is 286 g/mol. The fraction of sp³-hybridized carbons (Fsp3) is 0.533. The minimum absolute atomic E-state index is 0.314. The zero-order valence-electron chi connectivity index (χ0n) is 12.2. The smallest absolute Gasteiger partial charge is 0.231 e. The lowest BCUT2D eigenvalue weighted by Crippen LogP contribution is -2.39. The summed E-state index contributed by atoms with van der Waals surface area (Å²) >= 11 is 2.05. The largest absolute Gasteiger partial charge is 0.454 e. The van der Waals surface area contributed by atoms with E-state index < -0.39 is 0 Å². The molecule has 1 atom stereocenters. The molecule has 3 rings (SSSR count). The molecule has 1 aromatic rings. The first-order valence-corrected chi connectivity index (χ1v) is 8.34. The molecule has 114 valence electrons. The fourth-order valence-corrected chi connectivity index (χ4v) is 3.67. The van der Waals surface area contributed by atoms with E-state index in [2.05, 4.69) is 15.6 Å². The highest BCUT2D eigenvalue weighted by atomic mass is 32.2. The molecule has 0 bridgehead atoms. The molecule has 0 aromatic heterocycles. The number of hydrogen-bond donors (Lipinski definition) is 2. The molecule has 2 N–H and O–H groups in total. The fourth-order valence-electron chi connectivity index (χ4n) is 2.47. The van der Waals surface area contributed by atoms with Crippen molar-refractivity contribution in [2.45, 2.75) is 24.6 Å². The van der Waals surface area contributed by atoms with Crippen molar-refractivity contribution in [3.63, 3.8) is 0 Å². The molecule has 2 aliphatic heterocycles. The molecule has 0 saturated carbocycles. The number of ether oxygens (including phenoxy) is 2. The number of rotatable bonds is 4. The summed E-state index contributed by atoms with van der Waals surface area (Å²) < 4.78 is 10.7. The number of nitrogens with zero attached hydrogens (tertiary/aromatic N) is 1. The van der Waals surface area contributed by atoms with Gasteiger partial charge in [-0.05, 0) is 36.3 Å². The number of guanidine groups is 1. The predicted octanol–water partition coefficient (Wildman–Crippen LogP) is 1.98. The highest BCUT2D eigenvalue weighted by molar-refractivity contribution is 8.00. The van der Waals surface area contributed by atoms with E-state index in [1.165, 1.54) is 18.6 Å². The van der Waals surface area contributed by atoms with Crippen molar-refractivity contribution in [3.8, 4) is 11.5 Å². The van der Waals surface area contributed by atoms with Crippen molar-refractivity contribution < 1.29 is 9.47 Å². The second kappa shape index (κ2) is 6.93. The van der Waals surface area contributed by atoms with Gasteiger partial charge in [-0.25, -0.2) is 0 Å². The highest BCUT2D eigenvalue weighted by Gasteiger charge is 2.16. The van der Waals surface area contributed by atoms with E-state index in [4.69, 9.17) is 9.47 Å². The van der Waals surface area contributed by atoms with Gasteiger partial charge in [0, 0.05) is 25.4 Å². The minimum atomic E-state index is 0.314. The SMILES string of the molecule is CN=C(NCc1ccc2c(c1)OCO2)NCC1CCCS1. The van der Waals surface area contributed by atoms with Gasteiger partial charge in [-0.3, -0.25) is 4.99 Å². The monoisotopic (exact) mass is 307 g/mol. The quantitative estimate of drug-likeness (QED) is 0.658. The summed E-state index contributed by atoms with van der Waals surface area (Å²) in [6.45, 7) is 2.01. The average Bonchev–Trinajstić information content (AvgIpc) is 3.18. The van der Waals surface area contributed by atoms with Crippen LogP contribution in [0, 0.1) is 0 Å². The van der Waals surface area contributed by atoms with Gasteiger partial charge in [-0.1, -0.05) is 6.07 Å². The predicted molar refractivity (Wildman–Crippen MR) is 86.2 cm³/mol. The average molecular weight is 307 g/mol. The Morgan fingerprint density at radius 2 is 2.24 bits per heavy atom. The van der Waals surface area contributed by atoms with Gasteiger partial charge in [0.2, 0.25) is 6.79 Å². The van der Waals surface area contributed by atoms with E-state index >= 15 is 0 Å². The number of aliphatic imine (C=N–C) groups is 1. The van der Waals surface area contributed by atoms with Gasteiger partial charge in [0.25, 0.3) is 0 Å². The summed E-state index contributed by atoms with van der Waals surface area (Å²) in [6.07, 6.45) is 2.64. The molecule has 21 heavy (non-hydrogen) atoms. The van der Waals surface area contributed by atoms with Gasteiger partial charge in [0.05, 0.1) is 0 Å². The third-order valence-corrected chi connectivity index (χ3v) is 5.04. The Hall–Kier alpha value is -1.56. The summed E-state index contributed by atoms with van der Waals surface area (Å²) in [7, 11) is 1.80.